The van der Waals surface area contributed by atoms with Crippen LogP contribution < -0.4 is 14.8 Å². The molecule has 3 aromatic carbocycles. The molecule has 3 aromatic rings. The van der Waals surface area contributed by atoms with Crippen molar-refractivity contribution >= 4 is 31.0 Å². The van der Waals surface area contributed by atoms with E-state index in [1.807, 2.05) is 55.5 Å². The molecular formula is C22H20ClO3P. The number of ether oxygens (including phenoxy) is 2. The first-order valence-electron chi connectivity index (χ1n) is 8.49. The number of hydrogen-bond acceptors (Lipinski definition) is 3. The van der Waals surface area contributed by atoms with Crippen molar-refractivity contribution in [3.63, 3.8) is 0 Å². The molecule has 1 atom stereocenters. The summed E-state index contributed by atoms with van der Waals surface area (Å²) < 4.78 is 11.1. The van der Waals surface area contributed by atoms with Gasteiger partial charge in [0, 0.05) is 0 Å². The number of carbonyl (C=O) groups excluding carboxylic acids is 1. The number of methoxy groups -OCH3 is 1. The normalized spacial score (nSPS) is 10.9. The molecule has 0 spiro atoms. The maximum Gasteiger partial charge on any atom is 0.190 e. The first-order chi connectivity index (χ1) is 13.1. The Kier molecular flexibility index (Phi) is 6.49. The highest BCUT2D eigenvalue weighted by molar-refractivity contribution is 7.66. The fourth-order valence-corrected chi connectivity index (χ4v) is 4.08. The van der Waals surface area contributed by atoms with E-state index >= 15 is 0 Å². The van der Waals surface area contributed by atoms with Gasteiger partial charge in [0.05, 0.1) is 17.7 Å². The summed E-state index contributed by atoms with van der Waals surface area (Å²) in [5.41, 5.74) is 2.52. The van der Waals surface area contributed by atoms with Crippen LogP contribution in [0.25, 0.3) is 0 Å². The van der Waals surface area contributed by atoms with E-state index in [1.165, 1.54) is 7.11 Å². The monoisotopic (exact) mass is 398 g/mol. The Morgan fingerprint density at radius 1 is 1.04 bits per heavy atom. The molecular weight excluding hydrogens is 379 g/mol. The quantitative estimate of drug-likeness (QED) is 0.501. The Morgan fingerprint density at radius 3 is 2.52 bits per heavy atom. The van der Waals surface area contributed by atoms with Crippen molar-refractivity contribution in [1.29, 1.82) is 0 Å². The van der Waals surface area contributed by atoms with E-state index in [0.29, 0.717) is 22.9 Å². The van der Waals surface area contributed by atoms with Crippen LogP contribution in [0.1, 0.15) is 21.5 Å². The maximum absolute atomic E-state index is 12.8. The van der Waals surface area contributed by atoms with E-state index in [0.717, 1.165) is 22.2 Å². The Labute approximate surface area is 166 Å². The van der Waals surface area contributed by atoms with Gasteiger partial charge in [0.1, 0.15) is 18.1 Å². The van der Waals surface area contributed by atoms with Crippen LogP contribution in [-0.2, 0) is 6.61 Å². The van der Waals surface area contributed by atoms with Gasteiger partial charge in [0.25, 0.3) is 0 Å². The van der Waals surface area contributed by atoms with Gasteiger partial charge in [-0.2, -0.15) is 0 Å². The molecule has 5 heteroatoms. The summed E-state index contributed by atoms with van der Waals surface area (Å²) in [6.45, 7) is 2.49. The van der Waals surface area contributed by atoms with Crippen molar-refractivity contribution in [2.24, 2.45) is 0 Å². The average molecular weight is 399 g/mol. The Morgan fingerprint density at radius 2 is 1.81 bits per heavy atom. The van der Waals surface area contributed by atoms with Crippen LogP contribution in [0, 0.1) is 6.92 Å². The van der Waals surface area contributed by atoms with Gasteiger partial charge in [-0.1, -0.05) is 54.1 Å². The lowest BCUT2D eigenvalue weighted by Crippen LogP contribution is -2.07. The first-order valence-corrected chi connectivity index (χ1v) is 9.87. The minimum atomic E-state index is -0.0431. The smallest absolute Gasteiger partial charge is 0.190 e. The molecule has 0 aromatic heterocycles. The first kappa shape index (κ1) is 19.4. The number of benzene rings is 3. The zero-order valence-electron chi connectivity index (χ0n) is 15.2. The van der Waals surface area contributed by atoms with Gasteiger partial charge in [-0.3, -0.25) is 4.79 Å². The molecule has 0 bridgehead atoms. The molecule has 0 saturated heterocycles. The summed E-state index contributed by atoms with van der Waals surface area (Å²) in [6.07, 6.45) is 0. The topological polar surface area (TPSA) is 35.5 Å². The molecule has 0 N–H and O–H groups in total. The Balaban J connectivity index is 1.72. The standard InChI is InChI=1S/C22H20ClO3P/c1-15-13-17(26-14-16-7-4-3-5-8-16)11-12-20(15)27-22(24)21-18(23)9-6-10-19(21)25-2/h3-13,27H,14H2,1-2H3. The minimum absolute atomic E-state index is 0.0373. The second kappa shape index (κ2) is 9.03. The van der Waals surface area contributed by atoms with E-state index in [2.05, 4.69) is 0 Å². The minimum Gasteiger partial charge on any atom is -0.496 e. The number of aryl methyl sites for hydroxylation is 1. The second-order valence-corrected chi connectivity index (χ2v) is 7.67. The highest BCUT2D eigenvalue weighted by Gasteiger charge is 2.17. The third kappa shape index (κ3) is 4.88. The number of hydrogen-bond donors (Lipinski definition) is 0. The van der Waals surface area contributed by atoms with E-state index < -0.39 is 0 Å². The zero-order valence-corrected chi connectivity index (χ0v) is 16.9. The van der Waals surface area contributed by atoms with Crippen molar-refractivity contribution < 1.29 is 14.3 Å². The molecule has 0 saturated carbocycles. The largest absolute Gasteiger partial charge is 0.496 e. The van der Waals surface area contributed by atoms with Crippen LogP contribution in [0.15, 0.2) is 66.7 Å². The number of rotatable bonds is 7. The third-order valence-corrected chi connectivity index (χ3v) is 5.74. The fraction of sp³-hybridized carbons (Fsp3) is 0.136. The molecule has 3 rings (SSSR count). The van der Waals surface area contributed by atoms with E-state index in [4.69, 9.17) is 21.1 Å². The van der Waals surface area contributed by atoms with E-state index in [-0.39, 0.29) is 14.1 Å². The third-order valence-electron chi connectivity index (χ3n) is 4.12. The van der Waals surface area contributed by atoms with Crippen molar-refractivity contribution in [1.82, 2.24) is 0 Å². The predicted octanol–water partition coefficient (Wildman–Crippen LogP) is 5.38. The van der Waals surface area contributed by atoms with Gasteiger partial charge in [-0.25, -0.2) is 0 Å². The van der Waals surface area contributed by atoms with Gasteiger partial charge >= 0.3 is 0 Å². The molecule has 0 radical (unpaired) electrons. The molecule has 0 aliphatic heterocycles. The summed E-state index contributed by atoms with van der Waals surface area (Å²) in [6, 6.07) is 21.0. The van der Waals surface area contributed by atoms with Gasteiger partial charge in [0.2, 0.25) is 0 Å². The molecule has 0 amide bonds. The zero-order chi connectivity index (χ0) is 19.2. The molecule has 1 unspecified atom stereocenters. The highest BCUT2D eigenvalue weighted by Crippen LogP contribution is 2.33. The molecule has 27 heavy (non-hydrogen) atoms. The number of halogens is 1. The van der Waals surface area contributed by atoms with E-state index in [9.17, 15) is 4.79 Å². The summed E-state index contributed by atoms with van der Waals surface area (Å²) in [5, 5.41) is 1.38. The Bertz CT molecular complexity index is 942. The predicted molar refractivity (Wildman–Crippen MR) is 112 cm³/mol. The van der Waals surface area contributed by atoms with Crippen LogP contribution in [0.5, 0.6) is 11.5 Å². The van der Waals surface area contributed by atoms with Crippen molar-refractivity contribution in [3.8, 4) is 11.5 Å². The summed E-state index contributed by atoms with van der Waals surface area (Å²) in [5.74, 6) is 1.29. The number of carbonyl (C=O) groups is 1. The highest BCUT2D eigenvalue weighted by atomic mass is 35.5. The molecule has 0 fully saturated rings. The summed E-state index contributed by atoms with van der Waals surface area (Å²) >= 11 is 6.22. The summed E-state index contributed by atoms with van der Waals surface area (Å²) in [7, 11) is 1.50. The lowest BCUT2D eigenvalue weighted by atomic mass is 10.2. The Hall–Kier alpha value is -2.35. The van der Waals surface area contributed by atoms with Crippen molar-refractivity contribution in [3.05, 3.63) is 88.4 Å². The van der Waals surface area contributed by atoms with Gasteiger partial charge in [-0.15, -0.1) is 0 Å². The molecule has 0 heterocycles. The second-order valence-electron chi connectivity index (χ2n) is 6.02. The fourth-order valence-electron chi connectivity index (χ4n) is 2.69. The van der Waals surface area contributed by atoms with Gasteiger partial charge in [-0.05, 0) is 56.2 Å². The van der Waals surface area contributed by atoms with E-state index in [1.54, 1.807) is 18.2 Å². The van der Waals surface area contributed by atoms with Gasteiger partial charge in [0.15, 0.2) is 5.52 Å². The SMILES string of the molecule is COc1cccc(Cl)c1C(=O)Pc1ccc(OCc2ccccc2)cc1C. The van der Waals surface area contributed by atoms with Crippen molar-refractivity contribution in [2.75, 3.05) is 7.11 Å². The average Bonchev–Trinajstić information content (AvgIpc) is 2.68. The maximum atomic E-state index is 12.8. The van der Waals surface area contributed by atoms with Crippen LogP contribution in [0.4, 0.5) is 0 Å². The molecule has 0 aliphatic carbocycles. The molecule has 138 valence electrons. The van der Waals surface area contributed by atoms with Crippen molar-refractivity contribution in [2.45, 2.75) is 13.5 Å². The molecule has 0 aliphatic rings. The lowest BCUT2D eigenvalue weighted by molar-refractivity contribution is 0.108. The van der Waals surface area contributed by atoms with Crippen LogP contribution in [-0.4, -0.2) is 12.6 Å². The lowest BCUT2D eigenvalue weighted by Gasteiger charge is -2.12. The molecule has 3 nitrogen and oxygen atoms in total. The van der Waals surface area contributed by atoms with Crippen LogP contribution >= 0.6 is 20.2 Å². The van der Waals surface area contributed by atoms with Gasteiger partial charge < -0.3 is 9.47 Å². The van der Waals surface area contributed by atoms with Crippen LogP contribution in [0.3, 0.4) is 0 Å². The summed E-state index contributed by atoms with van der Waals surface area (Å²) in [4.78, 5) is 12.8. The van der Waals surface area contributed by atoms with Crippen LogP contribution in [0.2, 0.25) is 5.02 Å².